The Hall–Kier alpha value is -3.47. The average Bonchev–Trinajstić information content (AvgIpc) is 2.71. The summed E-state index contributed by atoms with van der Waals surface area (Å²) in [6.45, 7) is 2.32. The van der Waals surface area contributed by atoms with Gasteiger partial charge in [0.25, 0.3) is 11.8 Å². The predicted octanol–water partition coefficient (Wildman–Crippen LogP) is 3.82. The second-order valence-electron chi connectivity index (χ2n) is 6.54. The standard InChI is InChI=1S/C23H23N3O2/c1-2-8-18-13-15-26(16-14-18)17-22(27)25-21-12-7-6-11-20(21)23(28)24-19-9-4-3-5-10-19/h3-7,9-16H,2,8,17H2,1H3,(H-,24,25,27,28)/p+1. The third kappa shape index (κ3) is 5.27. The van der Waals surface area contributed by atoms with Gasteiger partial charge < -0.3 is 10.6 Å². The van der Waals surface area contributed by atoms with Crippen molar-refractivity contribution in [1.82, 2.24) is 0 Å². The van der Waals surface area contributed by atoms with E-state index in [1.807, 2.05) is 59.4 Å². The zero-order chi connectivity index (χ0) is 19.8. The van der Waals surface area contributed by atoms with Crippen LogP contribution in [0.25, 0.3) is 0 Å². The molecule has 142 valence electrons. The van der Waals surface area contributed by atoms with Crippen molar-refractivity contribution in [3.63, 3.8) is 0 Å². The average molecular weight is 374 g/mol. The van der Waals surface area contributed by atoms with Gasteiger partial charge >= 0.3 is 0 Å². The van der Waals surface area contributed by atoms with Crippen LogP contribution >= 0.6 is 0 Å². The highest BCUT2D eigenvalue weighted by atomic mass is 16.2. The number of benzene rings is 2. The Kier molecular flexibility index (Phi) is 6.52. The number of carbonyl (C=O) groups excluding carboxylic acids is 2. The summed E-state index contributed by atoms with van der Waals surface area (Å²) in [5, 5.41) is 5.69. The number of hydrogen-bond donors (Lipinski definition) is 2. The zero-order valence-corrected chi connectivity index (χ0v) is 15.9. The Balaban J connectivity index is 1.67. The third-order valence-electron chi connectivity index (χ3n) is 4.30. The van der Waals surface area contributed by atoms with E-state index in [4.69, 9.17) is 0 Å². The van der Waals surface area contributed by atoms with Crippen LogP contribution in [0.2, 0.25) is 0 Å². The molecule has 0 saturated heterocycles. The number of nitrogens with zero attached hydrogens (tertiary/aromatic N) is 1. The van der Waals surface area contributed by atoms with Crippen molar-refractivity contribution >= 4 is 23.2 Å². The van der Waals surface area contributed by atoms with Crippen LogP contribution in [-0.2, 0) is 17.8 Å². The van der Waals surface area contributed by atoms with Gasteiger partial charge in [-0.25, -0.2) is 0 Å². The summed E-state index contributed by atoms with van der Waals surface area (Å²) in [5.74, 6) is -0.452. The molecule has 0 radical (unpaired) electrons. The molecule has 5 nitrogen and oxygen atoms in total. The number of hydrogen-bond acceptors (Lipinski definition) is 2. The van der Waals surface area contributed by atoms with Gasteiger partial charge in [0.15, 0.2) is 12.4 Å². The van der Waals surface area contributed by atoms with Crippen molar-refractivity contribution in [2.75, 3.05) is 10.6 Å². The lowest BCUT2D eigenvalue weighted by Gasteiger charge is -2.10. The fourth-order valence-corrected chi connectivity index (χ4v) is 2.91. The number of amides is 2. The van der Waals surface area contributed by atoms with Gasteiger partial charge in [-0.15, -0.1) is 0 Å². The van der Waals surface area contributed by atoms with Gasteiger partial charge in [-0.05, 0) is 36.2 Å². The molecule has 3 rings (SSSR count). The molecule has 0 fully saturated rings. The van der Waals surface area contributed by atoms with Gasteiger partial charge in [0.1, 0.15) is 0 Å². The Morgan fingerprint density at radius 3 is 2.25 bits per heavy atom. The normalized spacial score (nSPS) is 10.3. The highest BCUT2D eigenvalue weighted by Gasteiger charge is 2.15. The number of anilines is 2. The van der Waals surface area contributed by atoms with Crippen LogP contribution in [0.1, 0.15) is 29.3 Å². The van der Waals surface area contributed by atoms with Crippen molar-refractivity contribution in [2.45, 2.75) is 26.3 Å². The van der Waals surface area contributed by atoms with E-state index in [0.29, 0.717) is 16.9 Å². The molecule has 0 aliphatic heterocycles. The molecule has 28 heavy (non-hydrogen) atoms. The first kappa shape index (κ1) is 19.3. The first-order valence-corrected chi connectivity index (χ1v) is 9.39. The SMILES string of the molecule is CCCc1cc[n+](CC(=O)Nc2ccccc2C(=O)Nc2ccccc2)cc1. The Labute approximate surface area is 165 Å². The smallest absolute Gasteiger partial charge is 0.290 e. The molecule has 0 aliphatic carbocycles. The molecule has 2 aromatic carbocycles. The van der Waals surface area contributed by atoms with E-state index in [1.54, 1.807) is 24.3 Å². The molecule has 2 amide bonds. The summed E-state index contributed by atoms with van der Waals surface area (Å²) in [5.41, 5.74) is 2.87. The number of rotatable bonds is 7. The highest BCUT2D eigenvalue weighted by Crippen LogP contribution is 2.17. The minimum Gasteiger partial charge on any atom is -0.322 e. The maximum absolute atomic E-state index is 12.6. The van der Waals surface area contributed by atoms with Crippen molar-refractivity contribution < 1.29 is 14.2 Å². The van der Waals surface area contributed by atoms with Gasteiger partial charge in [-0.2, -0.15) is 4.57 Å². The van der Waals surface area contributed by atoms with Gasteiger partial charge in [0, 0.05) is 17.8 Å². The molecule has 0 unspecified atom stereocenters. The minimum absolute atomic E-state index is 0.182. The maximum atomic E-state index is 12.6. The summed E-state index contributed by atoms with van der Waals surface area (Å²) in [6, 6.07) is 20.3. The largest absolute Gasteiger partial charge is 0.322 e. The summed E-state index contributed by atoms with van der Waals surface area (Å²) in [7, 11) is 0. The highest BCUT2D eigenvalue weighted by molar-refractivity contribution is 6.09. The lowest BCUT2D eigenvalue weighted by atomic mass is 10.1. The van der Waals surface area contributed by atoms with E-state index in [1.165, 1.54) is 5.56 Å². The maximum Gasteiger partial charge on any atom is 0.290 e. The van der Waals surface area contributed by atoms with E-state index in [-0.39, 0.29) is 18.4 Å². The fourth-order valence-electron chi connectivity index (χ4n) is 2.91. The molecule has 0 bridgehead atoms. The van der Waals surface area contributed by atoms with E-state index >= 15 is 0 Å². The number of nitrogens with one attached hydrogen (secondary N) is 2. The number of pyridine rings is 1. The van der Waals surface area contributed by atoms with Gasteiger partial charge in [0.2, 0.25) is 6.54 Å². The summed E-state index contributed by atoms with van der Waals surface area (Å²) in [4.78, 5) is 25.1. The lowest BCUT2D eigenvalue weighted by molar-refractivity contribution is -0.684. The fraction of sp³-hybridized carbons (Fsp3) is 0.174. The summed E-state index contributed by atoms with van der Waals surface area (Å²) in [6.07, 6.45) is 5.92. The monoisotopic (exact) mass is 374 g/mol. The number of para-hydroxylation sites is 2. The van der Waals surface area contributed by atoms with Crippen molar-refractivity contribution in [3.8, 4) is 0 Å². The molecule has 5 heteroatoms. The van der Waals surface area contributed by atoms with Crippen LogP contribution in [0.3, 0.4) is 0 Å². The first-order chi connectivity index (χ1) is 13.7. The van der Waals surface area contributed by atoms with Crippen molar-refractivity contribution in [1.29, 1.82) is 0 Å². The van der Waals surface area contributed by atoms with E-state index in [9.17, 15) is 9.59 Å². The quantitative estimate of drug-likeness (QED) is 0.618. The molecule has 1 aromatic heterocycles. The number of aryl methyl sites for hydroxylation is 1. The van der Waals surface area contributed by atoms with Gasteiger partial charge in [0.05, 0.1) is 11.3 Å². The van der Waals surface area contributed by atoms with E-state index in [0.717, 1.165) is 12.8 Å². The van der Waals surface area contributed by atoms with E-state index in [2.05, 4.69) is 17.6 Å². The number of aromatic nitrogens is 1. The minimum atomic E-state index is -0.265. The van der Waals surface area contributed by atoms with E-state index < -0.39 is 0 Å². The van der Waals surface area contributed by atoms with Crippen LogP contribution in [-0.4, -0.2) is 11.8 Å². The zero-order valence-electron chi connectivity index (χ0n) is 15.9. The van der Waals surface area contributed by atoms with Crippen LogP contribution in [0.4, 0.5) is 11.4 Å². The second kappa shape index (κ2) is 9.46. The summed E-state index contributed by atoms with van der Waals surface area (Å²) < 4.78 is 1.82. The topological polar surface area (TPSA) is 62.1 Å². The van der Waals surface area contributed by atoms with Crippen LogP contribution in [0.5, 0.6) is 0 Å². The molecule has 3 aromatic rings. The lowest BCUT2D eigenvalue weighted by Crippen LogP contribution is -2.39. The second-order valence-corrected chi connectivity index (χ2v) is 6.54. The van der Waals surface area contributed by atoms with Crippen LogP contribution < -0.4 is 15.2 Å². The van der Waals surface area contributed by atoms with Crippen molar-refractivity contribution in [3.05, 3.63) is 90.3 Å². The molecule has 0 atom stereocenters. The van der Waals surface area contributed by atoms with Crippen LogP contribution in [0, 0.1) is 0 Å². The molecular weight excluding hydrogens is 350 g/mol. The van der Waals surface area contributed by atoms with Crippen molar-refractivity contribution in [2.24, 2.45) is 0 Å². The molecule has 0 aliphatic rings. The van der Waals surface area contributed by atoms with Gasteiger partial charge in [-0.1, -0.05) is 43.7 Å². The first-order valence-electron chi connectivity index (χ1n) is 9.39. The number of carbonyl (C=O) groups is 2. The molecular formula is C23H24N3O2+. The molecule has 0 saturated carbocycles. The predicted molar refractivity (Wildman–Crippen MR) is 110 cm³/mol. The Morgan fingerprint density at radius 2 is 1.54 bits per heavy atom. The van der Waals surface area contributed by atoms with Crippen LogP contribution in [0.15, 0.2) is 79.1 Å². The molecule has 1 heterocycles. The Morgan fingerprint density at radius 1 is 0.857 bits per heavy atom. The summed E-state index contributed by atoms with van der Waals surface area (Å²) >= 11 is 0. The molecule has 2 N–H and O–H groups in total. The third-order valence-corrected chi connectivity index (χ3v) is 4.30. The molecule has 0 spiro atoms. The van der Waals surface area contributed by atoms with Gasteiger partial charge in [-0.3, -0.25) is 9.59 Å². The Bertz CT molecular complexity index is 938.